The van der Waals surface area contributed by atoms with Crippen LogP contribution in [0, 0.1) is 0 Å². The van der Waals surface area contributed by atoms with Gasteiger partial charge in [-0.15, -0.1) is 11.3 Å². The molecule has 0 bridgehead atoms. The van der Waals surface area contributed by atoms with Crippen LogP contribution in [0.1, 0.15) is 20.8 Å². The van der Waals surface area contributed by atoms with E-state index in [4.69, 9.17) is 0 Å². The minimum absolute atomic E-state index is 0.00946. The molecule has 1 saturated heterocycles. The second-order valence-corrected chi connectivity index (χ2v) is 10.5. The van der Waals surface area contributed by atoms with Gasteiger partial charge in [-0.2, -0.15) is 29.2 Å². The van der Waals surface area contributed by atoms with Crippen LogP contribution in [0.25, 0.3) is 0 Å². The summed E-state index contributed by atoms with van der Waals surface area (Å²) in [6.07, 6.45) is -4.54. The zero-order chi connectivity index (χ0) is 21.2. The van der Waals surface area contributed by atoms with Crippen molar-refractivity contribution in [1.29, 1.82) is 0 Å². The van der Waals surface area contributed by atoms with Crippen LogP contribution in [0.15, 0.2) is 40.6 Å². The van der Waals surface area contributed by atoms with Crippen LogP contribution in [-0.4, -0.2) is 55.2 Å². The van der Waals surface area contributed by atoms with Crippen LogP contribution < -0.4 is 0 Å². The number of rotatable bonds is 5. The third kappa shape index (κ3) is 4.79. The van der Waals surface area contributed by atoms with Crippen molar-refractivity contribution in [2.24, 2.45) is 0 Å². The lowest BCUT2D eigenvalue weighted by atomic mass is 10.1. The SMILES string of the molecule is CN(Cc1ccccc1C(F)(F)F)C(=O)c1sccc1S(=O)(=O)N1CCSCC1. The third-order valence-corrected chi connectivity index (χ3v) is 8.40. The van der Waals surface area contributed by atoms with E-state index in [0.29, 0.717) is 24.6 Å². The van der Waals surface area contributed by atoms with Crippen molar-refractivity contribution in [3.05, 3.63) is 51.7 Å². The number of thiophene rings is 1. The lowest BCUT2D eigenvalue weighted by molar-refractivity contribution is -0.138. The summed E-state index contributed by atoms with van der Waals surface area (Å²) in [5.41, 5.74) is -0.866. The second kappa shape index (κ2) is 8.66. The fraction of sp³-hybridized carbons (Fsp3) is 0.389. The number of thioether (sulfide) groups is 1. The van der Waals surface area contributed by atoms with Gasteiger partial charge in [0.1, 0.15) is 9.77 Å². The first-order valence-corrected chi connectivity index (χ1v) is 12.2. The van der Waals surface area contributed by atoms with Crippen molar-refractivity contribution in [3.63, 3.8) is 0 Å². The molecule has 0 spiro atoms. The minimum Gasteiger partial charge on any atom is -0.337 e. The molecular formula is C18H19F3N2O3S3. The summed E-state index contributed by atoms with van der Waals surface area (Å²) in [5, 5.41) is 1.51. The molecule has 11 heteroatoms. The van der Waals surface area contributed by atoms with E-state index in [1.165, 1.54) is 41.0 Å². The van der Waals surface area contributed by atoms with Crippen LogP contribution in [0.5, 0.6) is 0 Å². The number of amides is 1. The first-order chi connectivity index (χ1) is 13.6. The van der Waals surface area contributed by atoms with Crippen molar-refractivity contribution >= 4 is 39.0 Å². The Balaban J connectivity index is 1.85. The molecule has 0 radical (unpaired) electrons. The fourth-order valence-electron chi connectivity index (χ4n) is 3.02. The van der Waals surface area contributed by atoms with Crippen molar-refractivity contribution < 1.29 is 26.4 Å². The van der Waals surface area contributed by atoms with Crippen molar-refractivity contribution in [1.82, 2.24) is 9.21 Å². The van der Waals surface area contributed by atoms with E-state index in [2.05, 4.69) is 0 Å². The molecule has 1 fully saturated rings. The lowest BCUT2D eigenvalue weighted by Gasteiger charge is -2.26. The molecule has 1 aromatic heterocycles. The van der Waals surface area contributed by atoms with Gasteiger partial charge in [-0.3, -0.25) is 4.79 Å². The Morgan fingerprint density at radius 3 is 2.48 bits per heavy atom. The minimum atomic E-state index is -4.54. The van der Waals surface area contributed by atoms with E-state index in [0.717, 1.165) is 22.3 Å². The average Bonchev–Trinajstić information content (AvgIpc) is 3.18. The molecule has 0 saturated carbocycles. The highest BCUT2D eigenvalue weighted by molar-refractivity contribution is 7.99. The largest absolute Gasteiger partial charge is 0.416 e. The van der Waals surface area contributed by atoms with Crippen molar-refractivity contribution in [3.8, 4) is 0 Å². The Morgan fingerprint density at radius 1 is 1.17 bits per heavy atom. The highest BCUT2D eigenvalue weighted by Gasteiger charge is 2.35. The molecule has 0 aliphatic carbocycles. The Morgan fingerprint density at radius 2 is 1.83 bits per heavy atom. The molecule has 3 rings (SSSR count). The molecule has 0 unspecified atom stereocenters. The molecule has 0 N–H and O–H groups in total. The zero-order valence-corrected chi connectivity index (χ0v) is 17.9. The number of halogens is 3. The van der Waals surface area contributed by atoms with Crippen molar-refractivity contribution in [2.45, 2.75) is 17.6 Å². The molecule has 2 aromatic rings. The molecular weight excluding hydrogens is 445 g/mol. The van der Waals surface area contributed by atoms with E-state index in [1.807, 2.05) is 0 Å². The molecule has 1 amide bonds. The number of benzene rings is 1. The van der Waals surface area contributed by atoms with Crippen LogP contribution in [-0.2, 0) is 22.7 Å². The topological polar surface area (TPSA) is 57.7 Å². The second-order valence-electron chi connectivity index (χ2n) is 6.45. The molecule has 5 nitrogen and oxygen atoms in total. The lowest BCUT2D eigenvalue weighted by Crippen LogP contribution is -2.38. The van der Waals surface area contributed by atoms with Crippen molar-refractivity contribution in [2.75, 3.05) is 31.6 Å². The Kier molecular flexibility index (Phi) is 6.61. The number of hydrogen-bond acceptors (Lipinski definition) is 5. The highest BCUT2D eigenvalue weighted by Crippen LogP contribution is 2.33. The first-order valence-electron chi connectivity index (χ1n) is 8.68. The number of hydrogen-bond donors (Lipinski definition) is 0. The molecule has 1 aromatic carbocycles. The van der Waals surface area contributed by atoms with E-state index >= 15 is 0 Å². The van der Waals surface area contributed by atoms with Gasteiger partial charge in [0.05, 0.1) is 5.56 Å². The van der Waals surface area contributed by atoms with E-state index < -0.39 is 27.7 Å². The summed E-state index contributed by atoms with van der Waals surface area (Å²) in [6, 6.07) is 6.41. The van der Waals surface area contributed by atoms with Gasteiger partial charge in [-0.05, 0) is 23.1 Å². The summed E-state index contributed by atoms with van der Waals surface area (Å²) in [4.78, 5) is 13.9. The third-order valence-electron chi connectivity index (χ3n) is 4.49. The van der Waals surface area contributed by atoms with Crippen LogP contribution >= 0.6 is 23.1 Å². The van der Waals surface area contributed by atoms with E-state index in [1.54, 1.807) is 11.8 Å². The Bertz CT molecular complexity index is 983. The zero-order valence-electron chi connectivity index (χ0n) is 15.5. The monoisotopic (exact) mass is 464 g/mol. The van der Waals surface area contributed by atoms with Crippen LogP contribution in [0.4, 0.5) is 13.2 Å². The number of nitrogens with zero attached hydrogens (tertiary/aromatic N) is 2. The first kappa shape index (κ1) is 22.1. The number of sulfonamides is 1. The Hall–Kier alpha value is -1.56. The average molecular weight is 465 g/mol. The maximum Gasteiger partial charge on any atom is 0.416 e. The maximum absolute atomic E-state index is 13.2. The molecule has 0 atom stereocenters. The maximum atomic E-state index is 13.2. The summed E-state index contributed by atoms with van der Waals surface area (Å²) in [7, 11) is -2.47. The van der Waals surface area contributed by atoms with E-state index in [9.17, 15) is 26.4 Å². The quantitative estimate of drug-likeness (QED) is 0.676. The predicted octanol–water partition coefficient (Wildman–Crippen LogP) is 3.78. The molecule has 2 heterocycles. The van der Waals surface area contributed by atoms with Crippen LogP contribution in [0.3, 0.4) is 0 Å². The molecule has 1 aliphatic rings. The number of carbonyl (C=O) groups excluding carboxylic acids is 1. The van der Waals surface area contributed by atoms with Gasteiger partial charge >= 0.3 is 6.18 Å². The summed E-state index contributed by atoms with van der Waals surface area (Å²) >= 11 is 2.63. The van der Waals surface area contributed by atoms with Gasteiger partial charge in [-0.1, -0.05) is 18.2 Å². The summed E-state index contributed by atoms with van der Waals surface area (Å²) < 4.78 is 66.9. The normalized spacial score (nSPS) is 16.0. The Labute approximate surface area is 175 Å². The highest BCUT2D eigenvalue weighted by atomic mass is 32.2. The van der Waals surface area contributed by atoms with Gasteiger partial charge < -0.3 is 4.90 Å². The van der Waals surface area contributed by atoms with E-state index in [-0.39, 0.29) is 21.9 Å². The molecule has 1 aliphatic heterocycles. The molecule has 29 heavy (non-hydrogen) atoms. The van der Waals surface area contributed by atoms with Gasteiger partial charge in [-0.25, -0.2) is 8.42 Å². The van der Waals surface area contributed by atoms with Gasteiger partial charge in [0, 0.05) is 38.2 Å². The smallest absolute Gasteiger partial charge is 0.337 e. The summed E-state index contributed by atoms with van der Waals surface area (Å²) in [5.74, 6) is 0.739. The van der Waals surface area contributed by atoms with Crippen LogP contribution in [0.2, 0.25) is 0 Å². The van der Waals surface area contributed by atoms with Gasteiger partial charge in [0.15, 0.2) is 0 Å². The van der Waals surface area contributed by atoms with Gasteiger partial charge in [0.2, 0.25) is 10.0 Å². The number of carbonyl (C=O) groups is 1. The standard InChI is InChI=1S/C18H19F3N2O3S3/c1-22(12-13-4-2-3-5-14(13)18(19,20)21)17(24)16-15(6-9-28-16)29(25,26)23-7-10-27-11-8-23/h2-6,9H,7-8,10-12H2,1H3. The predicted molar refractivity (Wildman–Crippen MR) is 108 cm³/mol. The number of alkyl halides is 3. The molecule has 158 valence electrons. The van der Waals surface area contributed by atoms with Gasteiger partial charge in [0.25, 0.3) is 5.91 Å². The fourth-order valence-corrected chi connectivity index (χ4v) is 6.98. The summed E-state index contributed by atoms with van der Waals surface area (Å²) in [6.45, 7) is 0.447.